The van der Waals surface area contributed by atoms with Crippen LogP contribution in [0.25, 0.3) is 10.6 Å². The van der Waals surface area contributed by atoms with Crippen LogP contribution in [0.4, 0.5) is 5.95 Å². The number of aryl methyl sites for hydroxylation is 3. The van der Waals surface area contributed by atoms with Gasteiger partial charge in [0.2, 0.25) is 5.95 Å². The van der Waals surface area contributed by atoms with Crippen LogP contribution in [-0.2, 0) is 13.0 Å². The van der Waals surface area contributed by atoms with Gasteiger partial charge in [0.05, 0.1) is 46.6 Å². The number of anilines is 1. The average molecular weight is 448 g/mol. The second kappa shape index (κ2) is 8.66. The fourth-order valence-corrected chi connectivity index (χ4v) is 5.00. The van der Waals surface area contributed by atoms with E-state index >= 15 is 0 Å². The van der Waals surface area contributed by atoms with Gasteiger partial charge in [-0.2, -0.15) is 5.10 Å². The zero-order valence-electron chi connectivity index (χ0n) is 18.2. The molecule has 0 saturated carbocycles. The Balaban J connectivity index is 1.60. The third-order valence-electron chi connectivity index (χ3n) is 5.92. The lowest BCUT2D eigenvalue weighted by molar-refractivity contribution is 0.0973. The summed E-state index contributed by atoms with van der Waals surface area (Å²) in [5, 5.41) is 9.23. The van der Waals surface area contributed by atoms with Gasteiger partial charge in [-0.3, -0.25) is 14.8 Å². The quantitative estimate of drug-likeness (QED) is 0.448. The minimum Gasteiger partial charge on any atom is -0.333 e. The van der Waals surface area contributed by atoms with Crippen molar-refractivity contribution >= 4 is 23.2 Å². The topological polar surface area (TPSA) is 92.6 Å². The van der Waals surface area contributed by atoms with E-state index in [1.807, 2.05) is 37.0 Å². The number of imidazole rings is 1. The number of amides is 1. The molecule has 0 aromatic carbocycles. The largest absolute Gasteiger partial charge is 0.333 e. The molecule has 4 aromatic heterocycles. The number of unbranched alkanes of at least 4 members (excludes halogenated alkanes) is 1. The van der Waals surface area contributed by atoms with Gasteiger partial charge in [-0.05, 0) is 43.2 Å². The molecule has 5 rings (SSSR count). The molecule has 164 valence electrons. The van der Waals surface area contributed by atoms with Crippen LogP contribution < -0.4 is 4.90 Å². The van der Waals surface area contributed by atoms with Crippen molar-refractivity contribution in [3.05, 3.63) is 64.9 Å². The number of aromatic amines is 1. The summed E-state index contributed by atoms with van der Waals surface area (Å²) in [6.07, 6.45) is 10.7. The molecule has 0 spiro atoms. The highest BCUT2D eigenvalue weighted by atomic mass is 32.1. The van der Waals surface area contributed by atoms with Crippen LogP contribution in [0.2, 0.25) is 0 Å². The minimum atomic E-state index is -0.183. The van der Waals surface area contributed by atoms with Crippen LogP contribution in [0.1, 0.15) is 59.5 Å². The standard InChI is InChI=1S/C23H25N7OS/c1-3-4-6-17-16(12-26-28-17)22(31)30(18-8-9-29-14-24-13-19(18)29)23-25-11-15(2)21(27-23)20-7-5-10-32-20/h5,7,10-14,18H,3-4,6,8-9H2,1-2H3,(H,26,28). The Kier molecular flexibility index (Phi) is 5.57. The molecule has 1 atom stereocenters. The third-order valence-corrected chi connectivity index (χ3v) is 6.79. The molecule has 8 nitrogen and oxygen atoms in total. The Hall–Kier alpha value is -3.33. The van der Waals surface area contributed by atoms with Crippen molar-refractivity contribution < 1.29 is 4.79 Å². The molecule has 0 radical (unpaired) electrons. The molecule has 5 heterocycles. The van der Waals surface area contributed by atoms with Crippen LogP contribution in [0.3, 0.4) is 0 Å². The number of H-pyrrole nitrogens is 1. The number of aromatic nitrogens is 6. The van der Waals surface area contributed by atoms with E-state index in [4.69, 9.17) is 4.98 Å². The average Bonchev–Trinajstić information content (AvgIpc) is 3.59. The highest BCUT2D eigenvalue weighted by Gasteiger charge is 2.36. The molecule has 0 bridgehead atoms. The number of carbonyl (C=O) groups excluding carboxylic acids is 1. The Labute approximate surface area is 190 Å². The Morgan fingerprint density at radius 3 is 3.06 bits per heavy atom. The van der Waals surface area contributed by atoms with Crippen molar-refractivity contribution in [3.63, 3.8) is 0 Å². The molecule has 1 aliphatic rings. The maximum absolute atomic E-state index is 14.0. The van der Waals surface area contributed by atoms with Gasteiger partial charge in [-0.25, -0.2) is 15.0 Å². The summed E-state index contributed by atoms with van der Waals surface area (Å²) >= 11 is 1.63. The number of rotatable bonds is 7. The third kappa shape index (κ3) is 3.62. The van der Waals surface area contributed by atoms with Crippen molar-refractivity contribution in [3.8, 4) is 10.6 Å². The van der Waals surface area contributed by atoms with Gasteiger partial charge in [0.15, 0.2) is 0 Å². The minimum absolute atomic E-state index is 0.134. The monoisotopic (exact) mass is 447 g/mol. The van der Waals surface area contributed by atoms with Crippen molar-refractivity contribution in [2.75, 3.05) is 4.90 Å². The van der Waals surface area contributed by atoms with Gasteiger partial charge in [0.1, 0.15) is 0 Å². The van der Waals surface area contributed by atoms with Gasteiger partial charge < -0.3 is 4.57 Å². The van der Waals surface area contributed by atoms with E-state index in [9.17, 15) is 4.79 Å². The SMILES string of the molecule is CCCCc1[nH]ncc1C(=O)N(c1ncc(C)c(-c2cccs2)n1)C1CCn2cncc21. The van der Waals surface area contributed by atoms with E-state index in [1.165, 1.54) is 0 Å². The molecule has 0 aliphatic carbocycles. The summed E-state index contributed by atoms with van der Waals surface area (Å²) in [5.74, 6) is 0.275. The van der Waals surface area contributed by atoms with Gasteiger partial charge in [0.25, 0.3) is 5.91 Å². The van der Waals surface area contributed by atoms with Crippen LogP contribution in [0.5, 0.6) is 0 Å². The van der Waals surface area contributed by atoms with E-state index in [0.717, 1.165) is 59.8 Å². The maximum atomic E-state index is 14.0. The molecule has 4 aromatic rings. The number of nitrogens with zero attached hydrogens (tertiary/aromatic N) is 6. The lowest BCUT2D eigenvalue weighted by atomic mass is 10.1. The van der Waals surface area contributed by atoms with Crippen LogP contribution >= 0.6 is 11.3 Å². The number of carbonyl (C=O) groups is 1. The Morgan fingerprint density at radius 2 is 2.25 bits per heavy atom. The van der Waals surface area contributed by atoms with E-state index in [2.05, 4.69) is 31.7 Å². The van der Waals surface area contributed by atoms with E-state index in [0.29, 0.717) is 11.5 Å². The van der Waals surface area contributed by atoms with Gasteiger partial charge in [-0.15, -0.1) is 11.3 Å². The normalized spacial score (nSPS) is 15.1. The maximum Gasteiger partial charge on any atom is 0.264 e. The molecule has 32 heavy (non-hydrogen) atoms. The number of thiophene rings is 1. The second-order valence-corrected chi connectivity index (χ2v) is 8.98. The van der Waals surface area contributed by atoms with E-state index < -0.39 is 0 Å². The zero-order valence-corrected chi connectivity index (χ0v) is 19.0. The summed E-state index contributed by atoms with van der Waals surface area (Å²) in [5.41, 5.74) is 4.27. The first-order valence-corrected chi connectivity index (χ1v) is 11.8. The predicted molar refractivity (Wildman–Crippen MR) is 124 cm³/mol. The van der Waals surface area contributed by atoms with Crippen molar-refractivity contribution in [1.29, 1.82) is 0 Å². The summed E-state index contributed by atoms with van der Waals surface area (Å²) < 4.78 is 2.09. The van der Waals surface area contributed by atoms with Gasteiger partial charge in [0, 0.05) is 18.4 Å². The molecule has 1 N–H and O–H groups in total. The first-order chi connectivity index (χ1) is 15.7. The summed E-state index contributed by atoms with van der Waals surface area (Å²) in [6, 6.07) is 3.86. The predicted octanol–water partition coefficient (Wildman–Crippen LogP) is 4.57. The highest BCUT2D eigenvalue weighted by molar-refractivity contribution is 7.13. The molecular formula is C23H25N7OS. The molecule has 1 unspecified atom stereocenters. The lowest BCUT2D eigenvalue weighted by Gasteiger charge is -2.27. The Bertz CT molecular complexity index is 1230. The van der Waals surface area contributed by atoms with Crippen LogP contribution in [0.15, 0.2) is 42.4 Å². The zero-order chi connectivity index (χ0) is 22.1. The van der Waals surface area contributed by atoms with Crippen molar-refractivity contribution in [2.45, 2.75) is 52.1 Å². The fourth-order valence-electron chi connectivity index (χ4n) is 4.22. The fraction of sp³-hybridized carbons (Fsp3) is 0.348. The first kappa shape index (κ1) is 20.6. The number of hydrogen-bond donors (Lipinski definition) is 1. The molecule has 1 aliphatic heterocycles. The highest BCUT2D eigenvalue weighted by Crippen LogP contribution is 2.36. The molecule has 0 fully saturated rings. The molecule has 1 amide bonds. The first-order valence-electron chi connectivity index (χ1n) is 10.9. The lowest BCUT2D eigenvalue weighted by Crippen LogP contribution is -2.36. The Morgan fingerprint density at radius 1 is 1.34 bits per heavy atom. The number of fused-ring (bicyclic) bond motifs is 1. The van der Waals surface area contributed by atoms with Crippen molar-refractivity contribution in [2.24, 2.45) is 0 Å². The van der Waals surface area contributed by atoms with Crippen molar-refractivity contribution in [1.82, 2.24) is 29.7 Å². The number of nitrogens with one attached hydrogen (secondary N) is 1. The smallest absolute Gasteiger partial charge is 0.264 e. The van der Waals surface area contributed by atoms with Crippen LogP contribution in [0, 0.1) is 6.92 Å². The second-order valence-electron chi connectivity index (χ2n) is 8.04. The summed E-state index contributed by atoms with van der Waals surface area (Å²) in [7, 11) is 0. The molecule has 0 saturated heterocycles. The van der Waals surface area contributed by atoms with E-state index in [1.54, 1.807) is 28.6 Å². The van der Waals surface area contributed by atoms with Gasteiger partial charge >= 0.3 is 0 Å². The molecule has 9 heteroatoms. The molecular weight excluding hydrogens is 422 g/mol. The summed E-state index contributed by atoms with van der Waals surface area (Å²) in [4.78, 5) is 30.5. The summed E-state index contributed by atoms with van der Waals surface area (Å²) in [6.45, 7) is 4.94. The van der Waals surface area contributed by atoms with Gasteiger partial charge in [-0.1, -0.05) is 19.4 Å². The van der Waals surface area contributed by atoms with Crippen LogP contribution in [-0.4, -0.2) is 35.6 Å². The van der Waals surface area contributed by atoms with E-state index in [-0.39, 0.29) is 11.9 Å². The number of hydrogen-bond acceptors (Lipinski definition) is 6.